The molecule has 1 saturated carbocycles. The zero-order valence-corrected chi connectivity index (χ0v) is 18.3. The monoisotopic (exact) mass is 412 g/mol. The Morgan fingerprint density at radius 3 is 2.53 bits per heavy atom. The number of amides is 1. The fourth-order valence-corrected chi connectivity index (χ4v) is 4.16. The summed E-state index contributed by atoms with van der Waals surface area (Å²) in [6.45, 7) is 1.15. The van der Waals surface area contributed by atoms with Crippen molar-refractivity contribution < 1.29 is 19.2 Å². The van der Waals surface area contributed by atoms with Gasteiger partial charge in [-0.15, -0.1) is 0 Å². The van der Waals surface area contributed by atoms with Crippen LogP contribution in [0.25, 0.3) is 0 Å². The van der Waals surface area contributed by atoms with E-state index in [4.69, 9.17) is 9.47 Å². The minimum absolute atomic E-state index is 0.124. The van der Waals surface area contributed by atoms with Crippen LogP contribution >= 0.6 is 0 Å². The molecule has 1 atom stereocenters. The molecule has 30 heavy (non-hydrogen) atoms. The van der Waals surface area contributed by atoms with Gasteiger partial charge >= 0.3 is 0 Å². The smallest absolute Gasteiger partial charge is 0.243 e. The van der Waals surface area contributed by atoms with Gasteiger partial charge in [-0.05, 0) is 43.9 Å². The number of benzene rings is 2. The van der Waals surface area contributed by atoms with Gasteiger partial charge in [0.05, 0.1) is 39.5 Å². The Bertz CT molecular complexity index is 834. The maximum Gasteiger partial charge on any atom is 0.243 e. The highest BCUT2D eigenvalue weighted by Gasteiger charge is 2.22. The first-order valence-corrected chi connectivity index (χ1v) is 10.8. The van der Waals surface area contributed by atoms with Gasteiger partial charge in [-0.3, -0.25) is 4.79 Å². The van der Waals surface area contributed by atoms with Crippen LogP contribution in [-0.2, 0) is 11.3 Å². The van der Waals surface area contributed by atoms with E-state index in [1.165, 1.54) is 37.7 Å². The van der Waals surface area contributed by atoms with Crippen molar-refractivity contribution >= 4 is 17.3 Å². The van der Waals surface area contributed by atoms with Crippen molar-refractivity contribution in [3.63, 3.8) is 0 Å². The summed E-state index contributed by atoms with van der Waals surface area (Å²) in [6, 6.07) is 14.3. The molecule has 1 unspecified atom stereocenters. The fraction of sp³-hybridized carbons (Fsp3) is 0.458. The molecular weight excluding hydrogens is 378 g/mol. The van der Waals surface area contributed by atoms with Crippen LogP contribution in [0.15, 0.2) is 42.5 Å². The number of quaternary nitrogens is 1. The Balaban J connectivity index is 1.58. The first-order chi connectivity index (χ1) is 14.6. The van der Waals surface area contributed by atoms with Gasteiger partial charge in [-0.1, -0.05) is 24.6 Å². The number of carbonyl (C=O) groups excluding carboxylic acids is 1. The average molecular weight is 413 g/mol. The molecule has 0 bridgehead atoms. The lowest BCUT2D eigenvalue weighted by Gasteiger charge is -2.28. The quantitative estimate of drug-likeness (QED) is 0.592. The van der Waals surface area contributed by atoms with Crippen LogP contribution in [0.2, 0.25) is 0 Å². The molecule has 6 nitrogen and oxygen atoms in total. The summed E-state index contributed by atoms with van der Waals surface area (Å²) in [4.78, 5) is 14.1. The van der Waals surface area contributed by atoms with E-state index in [0.29, 0.717) is 17.2 Å². The van der Waals surface area contributed by atoms with Crippen molar-refractivity contribution in [3.8, 4) is 11.5 Å². The van der Waals surface area contributed by atoms with Gasteiger partial charge in [0, 0.05) is 17.3 Å². The van der Waals surface area contributed by atoms with Gasteiger partial charge in [0.2, 0.25) is 5.91 Å². The third kappa shape index (κ3) is 5.89. The largest absolute Gasteiger partial charge is 0.497 e. The third-order valence-corrected chi connectivity index (χ3v) is 5.91. The molecule has 6 heteroatoms. The Hall–Kier alpha value is -2.73. The third-order valence-electron chi connectivity index (χ3n) is 5.91. The van der Waals surface area contributed by atoms with Crippen LogP contribution in [0.3, 0.4) is 0 Å². The van der Waals surface area contributed by atoms with Crippen LogP contribution in [0.1, 0.15) is 37.7 Å². The summed E-state index contributed by atoms with van der Waals surface area (Å²) >= 11 is 0. The molecule has 2 aromatic carbocycles. The van der Waals surface area contributed by atoms with Crippen molar-refractivity contribution in [1.29, 1.82) is 0 Å². The molecule has 3 N–H and O–H groups in total. The molecule has 3 rings (SSSR count). The molecule has 1 aliphatic carbocycles. The number of anilines is 2. The summed E-state index contributed by atoms with van der Waals surface area (Å²) < 4.78 is 10.6. The molecule has 0 heterocycles. The van der Waals surface area contributed by atoms with E-state index >= 15 is 0 Å². The Morgan fingerprint density at radius 1 is 1.03 bits per heavy atom. The molecule has 0 aromatic heterocycles. The van der Waals surface area contributed by atoms with Gasteiger partial charge in [0.1, 0.15) is 18.0 Å². The van der Waals surface area contributed by atoms with Crippen LogP contribution in [0, 0.1) is 0 Å². The summed E-state index contributed by atoms with van der Waals surface area (Å²) in [5, 5.41) is 6.22. The number of nitrogens with one attached hydrogen (secondary N) is 3. The SMILES string of the molecule is COc1ccc(NC(=O)CNc2ccccc2C[NH+](C)C2CCCCC2)c(OC)c1. The minimum Gasteiger partial charge on any atom is -0.497 e. The molecule has 0 radical (unpaired) electrons. The number of carbonyl (C=O) groups is 1. The van der Waals surface area contributed by atoms with Crippen molar-refractivity contribution in [3.05, 3.63) is 48.0 Å². The number of hydrogen-bond acceptors (Lipinski definition) is 4. The van der Waals surface area contributed by atoms with Crippen molar-refractivity contribution in [1.82, 2.24) is 0 Å². The van der Waals surface area contributed by atoms with E-state index < -0.39 is 0 Å². The number of rotatable bonds is 9. The zero-order valence-electron chi connectivity index (χ0n) is 18.3. The lowest BCUT2D eigenvalue weighted by atomic mass is 9.94. The van der Waals surface area contributed by atoms with Crippen molar-refractivity contribution in [2.24, 2.45) is 0 Å². The Morgan fingerprint density at radius 2 is 1.80 bits per heavy atom. The van der Waals surface area contributed by atoms with Crippen LogP contribution in [0.5, 0.6) is 11.5 Å². The van der Waals surface area contributed by atoms with Gasteiger partial charge in [0.25, 0.3) is 0 Å². The molecule has 1 amide bonds. The van der Waals surface area contributed by atoms with Crippen LogP contribution in [-0.4, -0.2) is 39.8 Å². The second-order valence-electron chi connectivity index (χ2n) is 7.98. The van der Waals surface area contributed by atoms with E-state index in [1.54, 1.807) is 37.3 Å². The maximum absolute atomic E-state index is 12.5. The van der Waals surface area contributed by atoms with Crippen molar-refractivity contribution in [2.45, 2.75) is 44.7 Å². The second-order valence-corrected chi connectivity index (χ2v) is 7.98. The predicted molar refractivity (Wildman–Crippen MR) is 121 cm³/mol. The highest BCUT2D eigenvalue weighted by Crippen LogP contribution is 2.29. The number of hydrogen-bond donors (Lipinski definition) is 3. The molecular formula is C24H34N3O3+. The second kappa shape index (κ2) is 10.9. The molecule has 1 aliphatic rings. The Kier molecular flexibility index (Phi) is 7.97. The fourth-order valence-electron chi connectivity index (χ4n) is 4.16. The first kappa shape index (κ1) is 22.0. The van der Waals surface area contributed by atoms with Gasteiger partial charge in [0.15, 0.2) is 0 Å². The average Bonchev–Trinajstić information content (AvgIpc) is 2.79. The Labute approximate surface area is 179 Å². The minimum atomic E-state index is -0.124. The molecule has 1 fully saturated rings. The topological polar surface area (TPSA) is 64.0 Å². The highest BCUT2D eigenvalue weighted by molar-refractivity contribution is 5.95. The molecule has 2 aromatic rings. The summed E-state index contributed by atoms with van der Waals surface area (Å²) in [7, 11) is 5.46. The van der Waals surface area contributed by atoms with E-state index in [2.05, 4.69) is 29.8 Å². The molecule has 0 spiro atoms. The maximum atomic E-state index is 12.5. The first-order valence-electron chi connectivity index (χ1n) is 10.8. The zero-order chi connectivity index (χ0) is 21.3. The number of methoxy groups -OCH3 is 2. The van der Waals surface area contributed by atoms with E-state index in [9.17, 15) is 4.79 Å². The van der Waals surface area contributed by atoms with E-state index in [1.807, 2.05) is 12.1 Å². The predicted octanol–water partition coefficient (Wildman–Crippen LogP) is 3.10. The van der Waals surface area contributed by atoms with Gasteiger partial charge in [-0.25, -0.2) is 0 Å². The number of para-hydroxylation sites is 1. The molecule has 0 saturated heterocycles. The molecule has 162 valence electrons. The van der Waals surface area contributed by atoms with E-state index in [-0.39, 0.29) is 12.5 Å². The van der Waals surface area contributed by atoms with Crippen molar-refractivity contribution in [2.75, 3.05) is 38.4 Å². The highest BCUT2D eigenvalue weighted by atomic mass is 16.5. The lowest BCUT2D eigenvalue weighted by molar-refractivity contribution is -0.921. The van der Waals surface area contributed by atoms with E-state index in [0.717, 1.165) is 18.3 Å². The standard InChI is InChI=1S/C24H33N3O3/c1-27(19-10-5-4-6-11-19)17-18-9-7-8-12-21(18)25-16-24(28)26-22-14-13-20(29-2)15-23(22)30-3/h7-9,12-15,19,25H,4-6,10-11,16-17H2,1-3H3,(H,26,28)/p+1. The number of ether oxygens (including phenoxy) is 2. The summed E-state index contributed by atoms with van der Waals surface area (Å²) in [5.74, 6) is 1.13. The summed E-state index contributed by atoms with van der Waals surface area (Å²) in [6.07, 6.45) is 6.69. The normalized spacial score (nSPS) is 15.3. The van der Waals surface area contributed by atoms with Crippen LogP contribution in [0.4, 0.5) is 11.4 Å². The van der Waals surface area contributed by atoms with Gasteiger partial charge in [-0.2, -0.15) is 0 Å². The summed E-state index contributed by atoms with van der Waals surface area (Å²) in [5.41, 5.74) is 2.89. The lowest BCUT2D eigenvalue weighted by Crippen LogP contribution is -3.11. The van der Waals surface area contributed by atoms with Gasteiger partial charge < -0.3 is 25.0 Å². The van der Waals surface area contributed by atoms with Crippen LogP contribution < -0.4 is 25.0 Å². The molecule has 0 aliphatic heterocycles.